The van der Waals surface area contributed by atoms with E-state index in [9.17, 15) is 9.90 Å². The number of urea groups is 1. The Labute approximate surface area is 158 Å². The number of amides is 2. The molecule has 1 aliphatic heterocycles. The first-order valence-electron chi connectivity index (χ1n) is 9.10. The number of aryl methyl sites for hydroxylation is 1. The van der Waals surface area contributed by atoms with E-state index in [0.717, 1.165) is 11.3 Å². The van der Waals surface area contributed by atoms with E-state index in [-0.39, 0.29) is 12.1 Å². The molecule has 0 bridgehead atoms. The summed E-state index contributed by atoms with van der Waals surface area (Å²) in [5.74, 6) is 1.69. The molecule has 1 fully saturated rings. The lowest BCUT2D eigenvalue weighted by Crippen LogP contribution is -2.51. The number of nitrogens with one attached hydrogen (secondary N) is 1. The molecule has 146 valence electrons. The molecule has 0 aliphatic carbocycles. The van der Waals surface area contributed by atoms with Crippen LogP contribution in [0.2, 0.25) is 0 Å². The molecule has 0 radical (unpaired) electrons. The van der Waals surface area contributed by atoms with E-state index < -0.39 is 5.60 Å². The van der Waals surface area contributed by atoms with Crippen molar-refractivity contribution in [2.75, 3.05) is 20.2 Å². The SMILES string of the molecule is COc1ccccc1CC1(O)CCN(C(=O)NC(C)c2noc(C)n2)CC1. The summed E-state index contributed by atoms with van der Waals surface area (Å²) in [7, 11) is 1.63. The Bertz CT molecular complexity index is 784. The van der Waals surface area contributed by atoms with Crippen molar-refractivity contribution in [3.8, 4) is 5.75 Å². The summed E-state index contributed by atoms with van der Waals surface area (Å²) in [6, 6.07) is 7.16. The predicted molar refractivity (Wildman–Crippen MR) is 98.4 cm³/mol. The zero-order chi connectivity index (χ0) is 19.4. The van der Waals surface area contributed by atoms with E-state index in [1.807, 2.05) is 31.2 Å². The van der Waals surface area contributed by atoms with Crippen LogP contribution in [0.4, 0.5) is 4.79 Å². The number of nitrogens with zero attached hydrogens (tertiary/aromatic N) is 3. The lowest BCUT2D eigenvalue weighted by atomic mass is 9.85. The molecule has 27 heavy (non-hydrogen) atoms. The number of methoxy groups -OCH3 is 1. The van der Waals surface area contributed by atoms with Gasteiger partial charge >= 0.3 is 6.03 Å². The molecule has 1 atom stereocenters. The predicted octanol–water partition coefficient (Wildman–Crippen LogP) is 2.23. The highest BCUT2D eigenvalue weighted by molar-refractivity contribution is 5.74. The van der Waals surface area contributed by atoms with E-state index in [4.69, 9.17) is 9.26 Å². The quantitative estimate of drug-likeness (QED) is 0.832. The molecule has 0 spiro atoms. The summed E-state index contributed by atoms with van der Waals surface area (Å²) < 4.78 is 10.3. The molecule has 1 aromatic carbocycles. The van der Waals surface area contributed by atoms with Crippen molar-refractivity contribution in [2.24, 2.45) is 0 Å². The number of carbonyl (C=O) groups is 1. The number of carbonyl (C=O) groups excluding carboxylic acids is 1. The van der Waals surface area contributed by atoms with Gasteiger partial charge in [-0.25, -0.2) is 4.79 Å². The van der Waals surface area contributed by atoms with Gasteiger partial charge in [0.05, 0.1) is 18.8 Å². The fraction of sp³-hybridized carbons (Fsp3) is 0.526. The highest BCUT2D eigenvalue weighted by atomic mass is 16.5. The zero-order valence-corrected chi connectivity index (χ0v) is 15.9. The summed E-state index contributed by atoms with van der Waals surface area (Å²) >= 11 is 0. The molecule has 3 rings (SSSR count). The van der Waals surface area contributed by atoms with Crippen molar-refractivity contribution < 1.29 is 19.2 Å². The van der Waals surface area contributed by atoms with Gasteiger partial charge in [0.1, 0.15) is 5.75 Å². The molecular formula is C19H26N4O4. The number of rotatable bonds is 5. The van der Waals surface area contributed by atoms with Gasteiger partial charge in [0.25, 0.3) is 0 Å². The highest BCUT2D eigenvalue weighted by Crippen LogP contribution is 2.30. The van der Waals surface area contributed by atoms with Gasteiger partial charge in [-0.05, 0) is 31.4 Å². The normalized spacial score (nSPS) is 17.4. The Balaban J connectivity index is 1.55. The van der Waals surface area contributed by atoms with Crippen LogP contribution in [0, 0.1) is 6.92 Å². The average Bonchev–Trinajstić information content (AvgIpc) is 3.09. The number of likely N-dealkylation sites (tertiary alicyclic amines) is 1. The van der Waals surface area contributed by atoms with Gasteiger partial charge in [0, 0.05) is 26.4 Å². The van der Waals surface area contributed by atoms with Gasteiger partial charge in [-0.2, -0.15) is 4.98 Å². The molecule has 1 unspecified atom stereocenters. The second-order valence-corrected chi connectivity index (χ2v) is 7.04. The summed E-state index contributed by atoms with van der Waals surface area (Å²) in [5, 5.41) is 17.7. The van der Waals surface area contributed by atoms with Gasteiger partial charge < -0.3 is 24.6 Å². The third-order valence-electron chi connectivity index (χ3n) is 4.96. The molecule has 0 saturated carbocycles. The second kappa shape index (κ2) is 7.96. The minimum atomic E-state index is -0.845. The number of piperidine rings is 1. The third kappa shape index (κ3) is 4.57. The van der Waals surface area contributed by atoms with E-state index in [1.54, 1.807) is 18.9 Å². The Morgan fingerprint density at radius 3 is 2.74 bits per heavy atom. The van der Waals surface area contributed by atoms with Gasteiger partial charge in [-0.3, -0.25) is 0 Å². The van der Waals surface area contributed by atoms with Crippen molar-refractivity contribution in [2.45, 2.75) is 44.8 Å². The number of hydrogen-bond donors (Lipinski definition) is 2. The Hall–Kier alpha value is -2.61. The minimum Gasteiger partial charge on any atom is -0.496 e. The molecule has 2 N–H and O–H groups in total. The monoisotopic (exact) mass is 374 g/mol. The molecule has 1 aromatic heterocycles. The van der Waals surface area contributed by atoms with Gasteiger partial charge in [-0.15, -0.1) is 0 Å². The first-order chi connectivity index (χ1) is 12.9. The number of aliphatic hydroxyl groups is 1. The van der Waals surface area contributed by atoms with Crippen LogP contribution in [0.25, 0.3) is 0 Å². The van der Waals surface area contributed by atoms with E-state index in [1.165, 1.54) is 0 Å². The number of ether oxygens (including phenoxy) is 1. The van der Waals surface area contributed by atoms with Crippen LogP contribution in [0.1, 0.15) is 43.1 Å². The van der Waals surface area contributed by atoms with Crippen LogP contribution >= 0.6 is 0 Å². The molecule has 2 heterocycles. The van der Waals surface area contributed by atoms with Crippen molar-refractivity contribution in [3.63, 3.8) is 0 Å². The lowest BCUT2D eigenvalue weighted by molar-refractivity contribution is -0.0121. The van der Waals surface area contributed by atoms with Crippen molar-refractivity contribution in [1.29, 1.82) is 0 Å². The maximum atomic E-state index is 12.5. The number of hydrogen-bond acceptors (Lipinski definition) is 6. The second-order valence-electron chi connectivity index (χ2n) is 7.04. The summed E-state index contributed by atoms with van der Waals surface area (Å²) in [6.45, 7) is 4.48. The number of aromatic nitrogens is 2. The molecule has 8 heteroatoms. The molecule has 2 amide bonds. The smallest absolute Gasteiger partial charge is 0.317 e. The zero-order valence-electron chi connectivity index (χ0n) is 15.9. The van der Waals surface area contributed by atoms with Crippen LogP contribution in [0.15, 0.2) is 28.8 Å². The maximum Gasteiger partial charge on any atom is 0.317 e. The van der Waals surface area contributed by atoms with E-state index in [0.29, 0.717) is 44.1 Å². The van der Waals surface area contributed by atoms with Crippen LogP contribution < -0.4 is 10.1 Å². The maximum absolute atomic E-state index is 12.5. The van der Waals surface area contributed by atoms with Crippen molar-refractivity contribution in [1.82, 2.24) is 20.4 Å². The standard InChI is InChI=1S/C19H26N4O4/c1-13(17-21-14(2)27-22-17)20-18(24)23-10-8-19(25,9-11-23)12-15-6-4-5-7-16(15)26-3/h4-7,13,25H,8-12H2,1-3H3,(H,20,24). The summed E-state index contributed by atoms with van der Waals surface area (Å²) in [5.41, 5.74) is 0.128. The molecule has 1 aliphatic rings. The van der Waals surface area contributed by atoms with Gasteiger partial charge in [0.15, 0.2) is 5.82 Å². The minimum absolute atomic E-state index is 0.190. The van der Waals surface area contributed by atoms with Gasteiger partial charge in [-0.1, -0.05) is 23.4 Å². The Morgan fingerprint density at radius 1 is 1.41 bits per heavy atom. The molecular weight excluding hydrogens is 348 g/mol. The van der Waals surface area contributed by atoms with E-state index >= 15 is 0 Å². The number of benzene rings is 1. The molecule has 2 aromatic rings. The fourth-order valence-electron chi connectivity index (χ4n) is 3.34. The van der Waals surface area contributed by atoms with Crippen LogP contribution in [-0.4, -0.2) is 52.0 Å². The third-order valence-corrected chi connectivity index (χ3v) is 4.96. The Kier molecular flexibility index (Phi) is 5.65. The topological polar surface area (TPSA) is 101 Å². The lowest BCUT2D eigenvalue weighted by Gasteiger charge is -2.38. The largest absolute Gasteiger partial charge is 0.496 e. The van der Waals surface area contributed by atoms with Crippen LogP contribution in [0.5, 0.6) is 5.75 Å². The van der Waals surface area contributed by atoms with Crippen molar-refractivity contribution >= 4 is 6.03 Å². The highest BCUT2D eigenvalue weighted by Gasteiger charge is 2.35. The van der Waals surface area contributed by atoms with Crippen LogP contribution in [0.3, 0.4) is 0 Å². The van der Waals surface area contributed by atoms with Gasteiger partial charge in [0.2, 0.25) is 5.89 Å². The number of para-hydroxylation sites is 1. The molecule has 1 saturated heterocycles. The van der Waals surface area contributed by atoms with Crippen molar-refractivity contribution in [3.05, 3.63) is 41.5 Å². The first-order valence-corrected chi connectivity index (χ1v) is 9.10. The van der Waals surface area contributed by atoms with E-state index in [2.05, 4.69) is 15.5 Å². The van der Waals surface area contributed by atoms with Crippen LogP contribution in [-0.2, 0) is 6.42 Å². The fourth-order valence-corrected chi connectivity index (χ4v) is 3.34. The summed E-state index contributed by atoms with van der Waals surface area (Å²) in [6.07, 6.45) is 1.52. The first kappa shape index (κ1) is 19.2. The average molecular weight is 374 g/mol. The Morgan fingerprint density at radius 2 is 2.11 bits per heavy atom. The summed E-state index contributed by atoms with van der Waals surface area (Å²) in [4.78, 5) is 18.3. The molecule has 8 nitrogen and oxygen atoms in total.